The number of nitrogens with zero attached hydrogens (tertiary/aromatic N) is 2. The van der Waals surface area contributed by atoms with Crippen molar-refractivity contribution in [3.8, 4) is 0 Å². The number of hydrogen-bond acceptors (Lipinski definition) is 3. The summed E-state index contributed by atoms with van der Waals surface area (Å²) in [5.74, 6) is -0.261. The first kappa shape index (κ1) is 11.6. The van der Waals surface area contributed by atoms with Crippen LogP contribution in [-0.2, 0) is 0 Å². The molecular weight excluding hydrogens is 269 g/mol. The third-order valence-corrected chi connectivity index (χ3v) is 2.79. The van der Waals surface area contributed by atoms with E-state index in [9.17, 15) is 4.79 Å². The van der Waals surface area contributed by atoms with Crippen LogP contribution in [-0.4, -0.2) is 21.8 Å². The molecule has 2 heterocycles. The molecule has 0 saturated carbocycles. The summed E-state index contributed by atoms with van der Waals surface area (Å²) in [6, 6.07) is 4.89. The van der Waals surface area contributed by atoms with Crippen molar-refractivity contribution in [3.05, 3.63) is 34.1 Å². The van der Waals surface area contributed by atoms with Crippen molar-refractivity contribution in [3.63, 3.8) is 0 Å². The van der Waals surface area contributed by atoms with Crippen molar-refractivity contribution in [2.24, 2.45) is 0 Å². The SMILES string of the molecule is CSNC(=O)c1cc2cc(Cl)cc(Cl)n2n1. The average molecular weight is 276 g/mol. The number of hydrogen-bond donors (Lipinski definition) is 1. The van der Waals surface area contributed by atoms with Crippen LogP contribution in [0.25, 0.3) is 5.52 Å². The van der Waals surface area contributed by atoms with Gasteiger partial charge in [-0.2, -0.15) is 5.10 Å². The lowest BCUT2D eigenvalue weighted by Crippen LogP contribution is -2.15. The zero-order valence-electron chi connectivity index (χ0n) is 8.20. The molecular formula is C9H7Cl2N3OS. The smallest absolute Gasteiger partial charge is 0.281 e. The number of pyridine rings is 1. The van der Waals surface area contributed by atoms with Crippen LogP contribution in [0.4, 0.5) is 0 Å². The van der Waals surface area contributed by atoms with Crippen LogP contribution >= 0.6 is 35.1 Å². The number of halogens is 2. The molecule has 2 aromatic rings. The van der Waals surface area contributed by atoms with E-state index in [1.807, 2.05) is 0 Å². The van der Waals surface area contributed by atoms with Gasteiger partial charge in [-0.25, -0.2) is 4.52 Å². The summed E-state index contributed by atoms with van der Waals surface area (Å²) in [6.07, 6.45) is 1.76. The zero-order valence-corrected chi connectivity index (χ0v) is 10.5. The summed E-state index contributed by atoms with van der Waals surface area (Å²) in [5, 5.41) is 4.95. The first-order valence-corrected chi connectivity index (χ1v) is 6.28. The molecule has 0 aromatic carbocycles. The highest BCUT2D eigenvalue weighted by molar-refractivity contribution is 7.97. The van der Waals surface area contributed by atoms with E-state index in [2.05, 4.69) is 9.82 Å². The molecule has 16 heavy (non-hydrogen) atoms. The lowest BCUT2D eigenvalue weighted by Gasteiger charge is -1.97. The first-order chi connectivity index (χ1) is 7.61. The summed E-state index contributed by atoms with van der Waals surface area (Å²) < 4.78 is 4.04. The molecule has 7 heteroatoms. The second-order valence-electron chi connectivity index (χ2n) is 3.00. The van der Waals surface area contributed by atoms with Gasteiger partial charge >= 0.3 is 0 Å². The Bertz CT molecular complexity index is 555. The lowest BCUT2D eigenvalue weighted by molar-refractivity contribution is 0.0979. The van der Waals surface area contributed by atoms with Gasteiger partial charge in [0, 0.05) is 11.3 Å². The molecule has 1 amide bonds. The number of carbonyl (C=O) groups is 1. The predicted octanol–water partition coefficient (Wildman–Crippen LogP) is 2.65. The zero-order chi connectivity index (χ0) is 11.7. The van der Waals surface area contributed by atoms with E-state index in [0.717, 1.165) is 0 Å². The van der Waals surface area contributed by atoms with E-state index in [1.165, 1.54) is 16.5 Å². The Morgan fingerprint density at radius 2 is 2.19 bits per heavy atom. The van der Waals surface area contributed by atoms with Crippen LogP contribution in [0.2, 0.25) is 10.2 Å². The molecule has 1 N–H and O–H groups in total. The third kappa shape index (κ3) is 2.11. The highest BCUT2D eigenvalue weighted by atomic mass is 35.5. The van der Waals surface area contributed by atoms with E-state index in [-0.39, 0.29) is 5.91 Å². The van der Waals surface area contributed by atoms with Gasteiger partial charge in [-0.3, -0.25) is 9.52 Å². The standard InChI is InChI=1S/C9H7Cl2N3OS/c1-16-13-9(15)7-4-6-2-5(10)3-8(11)14(6)12-7/h2-4H,1H3,(H,13,15). The van der Waals surface area contributed by atoms with Gasteiger partial charge in [0.25, 0.3) is 5.91 Å². The van der Waals surface area contributed by atoms with Crippen molar-refractivity contribution in [1.29, 1.82) is 0 Å². The minimum Gasteiger partial charge on any atom is -0.295 e. The monoisotopic (exact) mass is 275 g/mol. The molecule has 84 valence electrons. The molecule has 0 aliphatic heterocycles. The molecule has 0 spiro atoms. The maximum Gasteiger partial charge on any atom is 0.281 e. The number of amides is 1. The fourth-order valence-electron chi connectivity index (χ4n) is 1.28. The van der Waals surface area contributed by atoms with E-state index in [4.69, 9.17) is 23.2 Å². The van der Waals surface area contributed by atoms with Crippen LogP contribution in [0.5, 0.6) is 0 Å². The Kier molecular flexibility index (Phi) is 3.28. The van der Waals surface area contributed by atoms with Crippen LogP contribution < -0.4 is 4.72 Å². The van der Waals surface area contributed by atoms with E-state index in [0.29, 0.717) is 21.4 Å². The van der Waals surface area contributed by atoms with Gasteiger partial charge in [-0.1, -0.05) is 35.1 Å². The van der Waals surface area contributed by atoms with E-state index in [1.54, 1.807) is 24.5 Å². The topological polar surface area (TPSA) is 46.4 Å². The van der Waals surface area contributed by atoms with Crippen molar-refractivity contribution in [2.45, 2.75) is 0 Å². The van der Waals surface area contributed by atoms with Crippen molar-refractivity contribution < 1.29 is 4.79 Å². The maximum absolute atomic E-state index is 11.5. The van der Waals surface area contributed by atoms with Gasteiger partial charge in [0.1, 0.15) is 5.15 Å². The van der Waals surface area contributed by atoms with E-state index < -0.39 is 0 Å². The Balaban J connectivity index is 2.51. The molecule has 0 bridgehead atoms. The van der Waals surface area contributed by atoms with Crippen molar-refractivity contribution in [2.75, 3.05) is 6.26 Å². The van der Waals surface area contributed by atoms with Crippen LogP contribution in [0.15, 0.2) is 18.2 Å². The fraction of sp³-hybridized carbons (Fsp3) is 0.111. The van der Waals surface area contributed by atoms with Crippen LogP contribution in [0, 0.1) is 0 Å². The minimum absolute atomic E-state index is 0.261. The lowest BCUT2D eigenvalue weighted by atomic mass is 10.3. The quantitative estimate of drug-likeness (QED) is 0.677. The van der Waals surface area contributed by atoms with Crippen molar-refractivity contribution >= 4 is 46.6 Å². The first-order valence-electron chi connectivity index (χ1n) is 4.30. The molecule has 0 atom stereocenters. The summed E-state index contributed by atoms with van der Waals surface area (Å²) in [6.45, 7) is 0. The van der Waals surface area contributed by atoms with Gasteiger partial charge in [0.2, 0.25) is 0 Å². The highest BCUT2D eigenvalue weighted by Crippen LogP contribution is 2.20. The Morgan fingerprint density at radius 1 is 1.44 bits per heavy atom. The van der Waals surface area contributed by atoms with E-state index >= 15 is 0 Å². The molecule has 2 aromatic heterocycles. The summed E-state index contributed by atoms with van der Waals surface area (Å²) in [4.78, 5) is 11.5. The van der Waals surface area contributed by atoms with Crippen LogP contribution in [0.3, 0.4) is 0 Å². The van der Waals surface area contributed by atoms with Gasteiger partial charge in [-0.15, -0.1) is 0 Å². The molecule has 0 aliphatic rings. The van der Waals surface area contributed by atoms with Gasteiger partial charge in [-0.05, 0) is 18.2 Å². The largest absolute Gasteiger partial charge is 0.295 e. The third-order valence-electron chi connectivity index (χ3n) is 1.91. The molecule has 4 nitrogen and oxygen atoms in total. The summed E-state index contributed by atoms with van der Waals surface area (Å²) >= 11 is 13.0. The maximum atomic E-state index is 11.5. The Hall–Kier alpha value is -0.910. The normalized spacial score (nSPS) is 10.7. The van der Waals surface area contributed by atoms with Crippen molar-refractivity contribution in [1.82, 2.24) is 14.3 Å². The number of aromatic nitrogens is 2. The molecule has 0 saturated heterocycles. The van der Waals surface area contributed by atoms with Gasteiger partial charge in [0.05, 0.1) is 5.52 Å². The molecule has 0 fully saturated rings. The van der Waals surface area contributed by atoms with Gasteiger partial charge in [0.15, 0.2) is 5.69 Å². The minimum atomic E-state index is -0.261. The molecule has 0 unspecified atom stereocenters. The Labute approximate surface area is 106 Å². The number of rotatable bonds is 2. The predicted molar refractivity (Wildman–Crippen MR) is 66.2 cm³/mol. The second kappa shape index (κ2) is 4.53. The fourth-order valence-corrected chi connectivity index (χ4v) is 2.10. The number of carbonyl (C=O) groups excluding carboxylic acids is 1. The second-order valence-corrected chi connectivity index (χ2v) is 4.43. The Morgan fingerprint density at radius 3 is 2.88 bits per heavy atom. The molecule has 0 radical (unpaired) electrons. The average Bonchev–Trinajstić information content (AvgIpc) is 2.62. The van der Waals surface area contributed by atoms with Crippen LogP contribution in [0.1, 0.15) is 10.5 Å². The number of fused-ring (bicyclic) bond motifs is 1. The summed E-state index contributed by atoms with van der Waals surface area (Å²) in [5.41, 5.74) is 0.988. The number of nitrogens with one attached hydrogen (secondary N) is 1. The molecule has 0 aliphatic carbocycles. The summed E-state index contributed by atoms with van der Waals surface area (Å²) in [7, 11) is 0. The van der Waals surface area contributed by atoms with Gasteiger partial charge < -0.3 is 0 Å². The molecule has 2 rings (SSSR count). The highest BCUT2D eigenvalue weighted by Gasteiger charge is 2.12.